The normalized spacial score (nSPS) is 11.4. The lowest BCUT2D eigenvalue weighted by Crippen LogP contribution is -2.13. The Hall–Kier alpha value is -3.18. The zero-order chi connectivity index (χ0) is 22.3. The summed E-state index contributed by atoms with van der Waals surface area (Å²) in [5.41, 5.74) is 4.95. The molecular formula is C25H27NO3S. The van der Waals surface area contributed by atoms with Crippen molar-refractivity contribution in [2.45, 2.75) is 34.1 Å². The van der Waals surface area contributed by atoms with Gasteiger partial charge >= 0.3 is 5.97 Å². The number of carbonyl (C=O) groups is 2. The summed E-state index contributed by atoms with van der Waals surface area (Å²) in [6.45, 7) is 11.9. The average Bonchev–Trinajstić information content (AvgIpc) is 3.10. The number of anilines is 1. The Morgan fingerprint density at radius 2 is 1.93 bits per heavy atom. The van der Waals surface area contributed by atoms with E-state index in [4.69, 9.17) is 0 Å². The molecule has 30 heavy (non-hydrogen) atoms. The van der Waals surface area contributed by atoms with Gasteiger partial charge in [-0.05, 0) is 69.0 Å². The fourth-order valence-corrected chi connectivity index (χ4v) is 4.12. The van der Waals surface area contributed by atoms with Crippen molar-refractivity contribution in [1.82, 2.24) is 0 Å². The predicted molar refractivity (Wildman–Crippen MR) is 126 cm³/mol. The number of nitrogens with one attached hydrogen (secondary N) is 1. The number of rotatable bonds is 8. The van der Waals surface area contributed by atoms with Crippen molar-refractivity contribution in [3.8, 4) is 0 Å². The maximum atomic E-state index is 12.8. The summed E-state index contributed by atoms with van der Waals surface area (Å²) in [5.74, 6) is -1.39. The molecule has 0 spiro atoms. The monoisotopic (exact) mass is 421 g/mol. The summed E-state index contributed by atoms with van der Waals surface area (Å²) in [6.07, 6.45) is 8.57. The van der Waals surface area contributed by atoms with Crippen molar-refractivity contribution in [3.05, 3.63) is 93.2 Å². The maximum Gasteiger partial charge on any atom is 0.337 e. The predicted octanol–water partition coefficient (Wildman–Crippen LogP) is 6.88. The van der Waals surface area contributed by atoms with Crippen molar-refractivity contribution in [2.24, 2.45) is 0 Å². The lowest BCUT2D eigenvalue weighted by Gasteiger charge is -2.10. The number of benzene rings is 1. The SMILES string of the molecule is C=C/C=C\C(C/C(=C\C)c1sc(C(=O)Nc2ccccc2C(=O)O)cc1C)=C(C)C. The number of carboxylic acid groups (broad SMARTS) is 1. The Balaban J connectivity index is 2.30. The second kappa shape index (κ2) is 10.6. The van der Waals surface area contributed by atoms with Gasteiger partial charge in [-0.15, -0.1) is 11.3 Å². The Bertz CT molecular complexity index is 1050. The summed E-state index contributed by atoms with van der Waals surface area (Å²) in [6, 6.07) is 8.24. The van der Waals surface area contributed by atoms with Gasteiger partial charge in [0.15, 0.2) is 0 Å². The summed E-state index contributed by atoms with van der Waals surface area (Å²) in [4.78, 5) is 25.8. The third-order valence-electron chi connectivity index (χ3n) is 4.64. The molecule has 1 aromatic heterocycles. The number of aryl methyl sites for hydroxylation is 1. The Morgan fingerprint density at radius 1 is 1.23 bits per heavy atom. The molecule has 2 N–H and O–H groups in total. The van der Waals surface area contributed by atoms with Gasteiger partial charge in [0.05, 0.1) is 16.1 Å². The highest BCUT2D eigenvalue weighted by molar-refractivity contribution is 7.15. The van der Waals surface area contributed by atoms with Crippen LogP contribution in [0.15, 0.2) is 72.4 Å². The standard InChI is InChI=1S/C25H27NO3S/c1-6-8-11-19(16(3)4)15-18(7-2)23-17(5)14-22(30-23)24(27)26-21-13-10-9-12-20(21)25(28)29/h6-14H,1,15H2,2-5H3,(H,26,27)(H,28,29)/b11-8-,18-7+. The minimum Gasteiger partial charge on any atom is -0.478 e. The van der Waals surface area contributed by atoms with E-state index in [1.54, 1.807) is 24.3 Å². The van der Waals surface area contributed by atoms with Gasteiger partial charge in [0.1, 0.15) is 0 Å². The van der Waals surface area contributed by atoms with E-state index in [1.807, 2.05) is 26.0 Å². The molecule has 5 heteroatoms. The van der Waals surface area contributed by atoms with Crippen LogP contribution in [0.5, 0.6) is 0 Å². The molecule has 156 valence electrons. The molecule has 1 aromatic carbocycles. The van der Waals surface area contributed by atoms with E-state index in [1.165, 1.54) is 28.5 Å². The zero-order valence-corrected chi connectivity index (χ0v) is 18.6. The van der Waals surface area contributed by atoms with Gasteiger partial charge in [-0.2, -0.15) is 0 Å². The molecule has 0 saturated heterocycles. The van der Waals surface area contributed by atoms with Crippen LogP contribution >= 0.6 is 11.3 Å². The van der Waals surface area contributed by atoms with Crippen LogP contribution in [0, 0.1) is 6.92 Å². The Kier molecular flexibility index (Phi) is 8.13. The molecule has 0 fully saturated rings. The van der Waals surface area contributed by atoms with Crippen molar-refractivity contribution in [1.29, 1.82) is 0 Å². The van der Waals surface area contributed by atoms with Crippen molar-refractivity contribution in [3.63, 3.8) is 0 Å². The molecule has 0 radical (unpaired) electrons. The van der Waals surface area contributed by atoms with Gasteiger partial charge in [0.2, 0.25) is 0 Å². The van der Waals surface area contributed by atoms with E-state index in [9.17, 15) is 14.7 Å². The Labute approximate surface area is 182 Å². The molecule has 0 saturated carbocycles. The number of carboxylic acids is 1. The van der Waals surface area contributed by atoms with Gasteiger partial charge in [0, 0.05) is 4.88 Å². The molecular weight excluding hydrogens is 394 g/mol. The fourth-order valence-electron chi connectivity index (χ4n) is 2.98. The fraction of sp³-hybridized carbons (Fsp3) is 0.200. The first-order valence-corrected chi connectivity index (χ1v) is 10.4. The molecule has 2 aromatic rings. The molecule has 0 bridgehead atoms. The summed E-state index contributed by atoms with van der Waals surface area (Å²) >= 11 is 1.42. The largest absolute Gasteiger partial charge is 0.478 e. The quantitative estimate of drug-likeness (QED) is 0.457. The van der Waals surface area contributed by atoms with Crippen LogP contribution in [-0.2, 0) is 0 Å². The van der Waals surface area contributed by atoms with Crippen molar-refractivity contribution >= 4 is 34.5 Å². The van der Waals surface area contributed by atoms with E-state index in [2.05, 4.69) is 37.9 Å². The Morgan fingerprint density at radius 3 is 2.53 bits per heavy atom. The number of carbonyl (C=O) groups excluding carboxylic acids is 1. The van der Waals surface area contributed by atoms with E-state index in [0.717, 1.165) is 22.4 Å². The summed E-state index contributed by atoms with van der Waals surface area (Å²) in [7, 11) is 0. The molecule has 4 nitrogen and oxygen atoms in total. The highest BCUT2D eigenvalue weighted by atomic mass is 32.1. The molecule has 0 atom stereocenters. The average molecular weight is 422 g/mol. The van der Waals surface area contributed by atoms with Gasteiger partial charge in [0.25, 0.3) is 5.91 Å². The smallest absolute Gasteiger partial charge is 0.337 e. The van der Waals surface area contributed by atoms with Gasteiger partial charge in [-0.25, -0.2) is 4.79 Å². The summed E-state index contributed by atoms with van der Waals surface area (Å²) < 4.78 is 0. The van der Waals surface area contributed by atoms with E-state index < -0.39 is 5.97 Å². The van der Waals surface area contributed by atoms with Crippen LogP contribution in [0.1, 0.15) is 57.7 Å². The van der Waals surface area contributed by atoms with Gasteiger partial charge in [-0.1, -0.05) is 48.6 Å². The number of para-hydroxylation sites is 1. The molecule has 1 amide bonds. The van der Waals surface area contributed by atoms with Crippen molar-refractivity contribution < 1.29 is 14.7 Å². The number of hydrogen-bond donors (Lipinski definition) is 2. The number of aromatic carboxylic acids is 1. The number of allylic oxidation sites excluding steroid dienone is 7. The first kappa shape index (κ1) is 23.1. The first-order valence-electron chi connectivity index (χ1n) is 9.63. The number of thiophene rings is 1. The van der Waals surface area contributed by atoms with Gasteiger partial charge in [-0.3, -0.25) is 4.79 Å². The lowest BCUT2D eigenvalue weighted by molar-refractivity contribution is 0.0698. The second-order valence-corrected chi connectivity index (χ2v) is 8.09. The molecule has 0 aliphatic carbocycles. The van der Waals surface area contributed by atoms with Crippen molar-refractivity contribution in [2.75, 3.05) is 5.32 Å². The molecule has 1 heterocycles. The third-order valence-corrected chi connectivity index (χ3v) is 5.96. The summed E-state index contributed by atoms with van der Waals surface area (Å²) in [5, 5.41) is 12.1. The molecule has 2 rings (SSSR count). The molecule has 0 aliphatic rings. The first-order chi connectivity index (χ1) is 14.3. The minimum atomic E-state index is -1.08. The molecule has 0 aliphatic heterocycles. The molecule has 0 unspecified atom stereocenters. The topological polar surface area (TPSA) is 66.4 Å². The van der Waals surface area contributed by atoms with E-state index in [0.29, 0.717) is 4.88 Å². The minimum absolute atomic E-state index is 0.0655. The second-order valence-electron chi connectivity index (χ2n) is 7.04. The van der Waals surface area contributed by atoms with Crippen LogP contribution in [0.2, 0.25) is 0 Å². The maximum absolute atomic E-state index is 12.8. The van der Waals surface area contributed by atoms with Crippen LogP contribution in [-0.4, -0.2) is 17.0 Å². The zero-order valence-electron chi connectivity index (χ0n) is 17.8. The van der Waals surface area contributed by atoms with Crippen LogP contribution in [0.25, 0.3) is 5.57 Å². The van der Waals surface area contributed by atoms with Crippen LogP contribution in [0.4, 0.5) is 5.69 Å². The third kappa shape index (κ3) is 5.67. The van der Waals surface area contributed by atoms with Crippen LogP contribution < -0.4 is 5.32 Å². The highest BCUT2D eigenvalue weighted by Crippen LogP contribution is 2.34. The van der Waals surface area contributed by atoms with Gasteiger partial charge < -0.3 is 10.4 Å². The van der Waals surface area contributed by atoms with E-state index in [-0.39, 0.29) is 17.2 Å². The highest BCUT2D eigenvalue weighted by Gasteiger charge is 2.18. The van der Waals surface area contributed by atoms with Crippen LogP contribution in [0.3, 0.4) is 0 Å². The lowest BCUT2D eigenvalue weighted by atomic mass is 9.98. The van der Waals surface area contributed by atoms with E-state index >= 15 is 0 Å². The number of amides is 1. The number of hydrogen-bond acceptors (Lipinski definition) is 3.